The second-order valence-electron chi connectivity index (χ2n) is 6.14. The summed E-state index contributed by atoms with van der Waals surface area (Å²) in [5, 5.41) is 0. The van der Waals surface area contributed by atoms with Gasteiger partial charge in [0, 0.05) is 10.0 Å². The largest absolute Gasteiger partial charge is 0.363 e. The van der Waals surface area contributed by atoms with E-state index in [4.69, 9.17) is 16.3 Å². The predicted octanol–water partition coefficient (Wildman–Crippen LogP) is 5.55. The molecule has 0 aliphatic carbocycles. The number of amidine groups is 1. The van der Waals surface area contributed by atoms with E-state index in [1.807, 2.05) is 43.9 Å². The minimum Gasteiger partial charge on any atom is -0.363 e. The van der Waals surface area contributed by atoms with Crippen molar-refractivity contribution < 1.29 is 9.13 Å². The molecule has 3 rings (SSSR count). The third-order valence-electron chi connectivity index (χ3n) is 4.35. The Morgan fingerprint density at radius 2 is 2.25 bits per heavy atom. The number of allylic oxidation sites excluding steroid dienone is 1. The SMILES string of the molecule is CC[C@@H]1OC(C)c2cc(Br)ccc2N2C1=NCC(C)=C2C(F)(P)Cl. The fourth-order valence-electron chi connectivity index (χ4n) is 3.29. The molecular formula is C17H20BrClFN2OP. The van der Waals surface area contributed by atoms with Gasteiger partial charge >= 0.3 is 0 Å². The third-order valence-corrected chi connectivity index (χ3v) is 5.29. The van der Waals surface area contributed by atoms with Gasteiger partial charge in [-0.1, -0.05) is 43.7 Å². The summed E-state index contributed by atoms with van der Waals surface area (Å²) < 4.78 is 22.0. The van der Waals surface area contributed by atoms with E-state index < -0.39 is 4.87 Å². The van der Waals surface area contributed by atoms with Gasteiger partial charge in [-0.15, -0.1) is 0 Å². The Bertz CT molecular complexity index is 732. The molecule has 0 saturated carbocycles. The summed E-state index contributed by atoms with van der Waals surface area (Å²) in [6.07, 6.45) is 0.406. The van der Waals surface area contributed by atoms with Gasteiger partial charge in [-0.3, -0.25) is 9.89 Å². The molecule has 4 atom stereocenters. The lowest BCUT2D eigenvalue weighted by atomic mass is 10.0. The lowest BCUT2D eigenvalue weighted by molar-refractivity contribution is 0.0341. The molecule has 2 aliphatic rings. The molecular weight excluding hydrogens is 414 g/mol. The van der Waals surface area contributed by atoms with Crippen LogP contribution in [0.2, 0.25) is 0 Å². The Labute approximate surface area is 157 Å². The van der Waals surface area contributed by atoms with Crippen LogP contribution in [0, 0.1) is 0 Å². The first kappa shape index (κ1) is 18.3. The van der Waals surface area contributed by atoms with E-state index in [0.29, 0.717) is 12.2 Å². The molecule has 2 heterocycles. The molecule has 0 amide bonds. The minimum absolute atomic E-state index is 0.133. The number of anilines is 1. The maximum atomic E-state index is 14.9. The maximum Gasteiger partial charge on any atom is 0.235 e. The van der Waals surface area contributed by atoms with Crippen LogP contribution in [-0.2, 0) is 4.74 Å². The van der Waals surface area contributed by atoms with Crippen LogP contribution in [0.25, 0.3) is 0 Å². The quantitative estimate of drug-likeness (QED) is 0.451. The molecule has 0 N–H and O–H groups in total. The van der Waals surface area contributed by atoms with E-state index in [0.717, 1.165) is 33.6 Å². The molecule has 0 aromatic heterocycles. The Morgan fingerprint density at radius 3 is 2.88 bits per heavy atom. The Hall–Kier alpha value is -0.480. The normalized spacial score (nSPS) is 26.3. The van der Waals surface area contributed by atoms with E-state index in [9.17, 15) is 4.39 Å². The van der Waals surface area contributed by atoms with Gasteiger partial charge in [-0.05, 0) is 44.0 Å². The Kier molecular flexibility index (Phi) is 5.10. The monoisotopic (exact) mass is 432 g/mol. The average molecular weight is 434 g/mol. The number of rotatable bonds is 2. The van der Waals surface area contributed by atoms with Crippen molar-refractivity contribution in [3.8, 4) is 0 Å². The zero-order valence-electron chi connectivity index (χ0n) is 13.8. The number of benzene rings is 1. The fourth-order valence-corrected chi connectivity index (χ4v) is 4.29. The number of halogens is 3. The van der Waals surface area contributed by atoms with Gasteiger partial charge in [-0.25, -0.2) is 4.39 Å². The van der Waals surface area contributed by atoms with Crippen LogP contribution < -0.4 is 4.90 Å². The third kappa shape index (κ3) is 3.16. The number of nitrogens with zero attached hydrogens (tertiary/aromatic N) is 2. The van der Waals surface area contributed by atoms with Crippen molar-refractivity contribution in [2.24, 2.45) is 4.99 Å². The average Bonchev–Trinajstić information content (AvgIpc) is 2.61. The molecule has 24 heavy (non-hydrogen) atoms. The number of hydrogen-bond acceptors (Lipinski definition) is 3. The zero-order chi connectivity index (χ0) is 17.6. The van der Waals surface area contributed by atoms with Crippen LogP contribution in [0.5, 0.6) is 0 Å². The van der Waals surface area contributed by atoms with Gasteiger partial charge in [0.1, 0.15) is 11.9 Å². The summed E-state index contributed by atoms with van der Waals surface area (Å²) >= 11 is 9.61. The predicted molar refractivity (Wildman–Crippen MR) is 105 cm³/mol. The van der Waals surface area contributed by atoms with Crippen LogP contribution >= 0.6 is 36.8 Å². The van der Waals surface area contributed by atoms with Crippen LogP contribution in [-0.4, -0.2) is 23.4 Å². The second-order valence-corrected chi connectivity index (χ2v) is 8.77. The molecule has 130 valence electrons. The van der Waals surface area contributed by atoms with Crippen molar-refractivity contribution in [1.82, 2.24) is 0 Å². The summed E-state index contributed by atoms with van der Waals surface area (Å²) in [6.45, 7) is 6.34. The van der Waals surface area contributed by atoms with E-state index in [-0.39, 0.29) is 12.2 Å². The maximum absolute atomic E-state index is 14.9. The molecule has 3 unspecified atom stereocenters. The summed E-state index contributed by atoms with van der Waals surface area (Å²) in [7, 11) is 2.09. The first-order valence-electron chi connectivity index (χ1n) is 7.90. The Morgan fingerprint density at radius 1 is 1.54 bits per heavy atom. The minimum atomic E-state index is -2.07. The van der Waals surface area contributed by atoms with E-state index in [1.165, 1.54) is 0 Å². The number of ether oxygens (including phenoxy) is 1. The molecule has 7 heteroatoms. The number of alkyl halides is 2. The van der Waals surface area contributed by atoms with E-state index in [2.05, 4.69) is 30.2 Å². The molecule has 3 nitrogen and oxygen atoms in total. The molecule has 0 saturated heterocycles. The zero-order valence-corrected chi connectivity index (χ0v) is 17.3. The van der Waals surface area contributed by atoms with Crippen molar-refractivity contribution in [2.75, 3.05) is 11.4 Å². The van der Waals surface area contributed by atoms with Crippen molar-refractivity contribution in [3.05, 3.63) is 39.5 Å². The van der Waals surface area contributed by atoms with Crippen molar-refractivity contribution in [3.63, 3.8) is 0 Å². The second kappa shape index (κ2) is 6.68. The van der Waals surface area contributed by atoms with Gasteiger partial charge in [0.05, 0.1) is 24.0 Å². The highest BCUT2D eigenvalue weighted by molar-refractivity contribution is 9.10. The van der Waals surface area contributed by atoms with Gasteiger partial charge in [0.2, 0.25) is 4.87 Å². The number of fused-ring (bicyclic) bond motifs is 3. The standard InChI is InChI=1S/C17H20BrClFN2OP/c1-4-14-16-21-8-9(2)15(17(19,20)24)22(16)13-6-5-11(18)7-12(13)10(3)23-14/h5-7,10,14H,4,8,24H2,1-3H3/t10?,14-,17?/m0/s1. The summed E-state index contributed by atoms with van der Waals surface area (Å²) in [4.78, 5) is 4.46. The van der Waals surface area contributed by atoms with Crippen LogP contribution in [0.1, 0.15) is 38.9 Å². The Balaban J connectivity index is 2.27. The van der Waals surface area contributed by atoms with Gasteiger partial charge in [-0.2, -0.15) is 0 Å². The summed E-state index contributed by atoms with van der Waals surface area (Å²) in [6, 6.07) is 5.90. The van der Waals surface area contributed by atoms with Crippen LogP contribution in [0.4, 0.5) is 10.1 Å². The summed E-state index contributed by atoms with van der Waals surface area (Å²) in [5.74, 6) is 0.719. The lowest BCUT2D eigenvalue weighted by Gasteiger charge is -2.37. The molecule has 0 radical (unpaired) electrons. The van der Waals surface area contributed by atoms with E-state index in [1.54, 1.807) is 0 Å². The van der Waals surface area contributed by atoms with Crippen LogP contribution in [0.15, 0.2) is 38.9 Å². The van der Waals surface area contributed by atoms with Crippen molar-refractivity contribution >= 4 is 48.3 Å². The van der Waals surface area contributed by atoms with Gasteiger partial charge in [0.15, 0.2) is 0 Å². The van der Waals surface area contributed by atoms with Crippen LogP contribution in [0.3, 0.4) is 0 Å². The van der Waals surface area contributed by atoms with Gasteiger partial charge < -0.3 is 4.74 Å². The highest BCUT2D eigenvalue weighted by atomic mass is 79.9. The molecule has 2 aliphatic heterocycles. The molecule has 1 aromatic rings. The van der Waals surface area contributed by atoms with Crippen molar-refractivity contribution in [1.29, 1.82) is 0 Å². The molecule has 0 bridgehead atoms. The fraction of sp³-hybridized carbons (Fsp3) is 0.471. The number of hydrogen-bond donors (Lipinski definition) is 0. The van der Waals surface area contributed by atoms with E-state index >= 15 is 0 Å². The smallest absolute Gasteiger partial charge is 0.235 e. The van der Waals surface area contributed by atoms with Crippen molar-refractivity contribution in [2.45, 2.75) is 44.3 Å². The first-order chi connectivity index (χ1) is 11.2. The topological polar surface area (TPSA) is 24.8 Å². The highest BCUT2D eigenvalue weighted by Gasteiger charge is 2.42. The number of aliphatic imine (C=N–C) groups is 1. The summed E-state index contributed by atoms with van der Waals surface area (Å²) in [5.41, 5.74) is 3.06. The molecule has 1 aromatic carbocycles. The highest BCUT2D eigenvalue weighted by Crippen LogP contribution is 2.46. The first-order valence-corrected chi connectivity index (χ1v) is 9.65. The molecule has 0 spiro atoms. The lowest BCUT2D eigenvalue weighted by Crippen LogP contribution is -2.45. The van der Waals surface area contributed by atoms with Gasteiger partial charge in [0.25, 0.3) is 0 Å². The molecule has 0 fully saturated rings.